The van der Waals surface area contributed by atoms with Crippen molar-refractivity contribution >= 4 is 31.6 Å². The fourth-order valence-electron chi connectivity index (χ4n) is 3.32. The van der Waals surface area contributed by atoms with Crippen LogP contribution in [-0.4, -0.2) is 24.3 Å². The topological polar surface area (TPSA) is 50.3 Å². The lowest BCUT2D eigenvalue weighted by molar-refractivity contribution is 0.396. The van der Waals surface area contributed by atoms with Crippen molar-refractivity contribution in [3.05, 3.63) is 58.6 Å². The molecular weight excluding hydrogens is 352 g/mol. The lowest BCUT2D eigenvalue weighted by Crippen LogP contribution is -2.30. The molecule has 1 atom stereocenters. The van der Waals surface area contributed by atoms with Crippen molar-refractivity contribution in [2.75, 3.05) is 6.54 Å². The Kier molecular flexibility index (Phi) is 4.14. The van der Waals surface area contributed by atoms with E-state index in [1.54, 1.807) is 27.8 Å². The molecule has 0 unspecified atom stereocenters. The third-order valence-corrected chi connectivity index (χ3v) is 7.93. The number of benzene rings is 2. The van der Waals surface area contributed by atoms with Gasteiger partial charge in [0.15, 0.2) is 0 Å². The summed E-state index contributed by atoms with van der Waals surface area (Å²) in [4.78, 5) is 5.07. The summed E-state index contributed by atoms with van der Waals surface area (Å²) in [7, 11) is -3.51. The Bertz CT molecular complexity index is 1010. The summed E-state index contributed by atoms with van der Waals surface area (Å²) in [5.41, 5.74) is 3.04. The average Bonchev–Trinajstić information content (AvgIpc) is 3.23. The van der Waals surface area contributed by atoms with Gasteiger partial charge in [-0.2, -0.15) is 4.31 Å². The van der Waals surface area contributed by atoms with E-state index < -0.39 is 10.0 Å². The Hall–Kier alpha value is -1.76. The highest BCUT2D eigenvalue weighted by atomic mass is 32.2. The molecule has 0 N–H and O–H groups in total. The summed E-state index contributed by atoms with van der Waals surface area (Å²) in [6.07, 6.45) is 1.69. The maximum Gasteiger partial charge on any atom is 0.243 e. The molecule has 0 amide bonds. The second-order valence-electron chi connectivity index (χ2n) is 6.54. The lowest BCUT2D eigenvalue weighted by Gasteiger charge is -2.23. The number of para-hydroxylation sites is 1. The molecule has 25 heavy (non-hydrogen) atoms. The van der Waals surface area contributed by atoms with Crippen LogP contribution in [0.1, 0.15) is 35.0 Å². The second-order valence-corrected chi connectivity index (χ2v) is 9.49. The Morgan fingerprint density at radius 1 is 1.12 bits per heavy atom. The standard InChI is InChI=1S/C19H20N2O2S2/c1-13-9-10-15(12-14(13)2)25(22,23)21-11-5-7-17(21)19-20-16-6-3-4-8-18(16)24-19/h3-4,6,8-10,12,17H,5,7,11H2,1-2H3/t17-/m0/s1. The number of aromatic nitrogens is 1. The van der Waals surface area contributed by atoms with Gasteiger partial charge in [-0.1, -0.05) is 18.2 Å². The maximum absolute atomic E-state index is 13.2. The fraction of sp³-hybridized carbons (Fsp3) is 0.316. The third-order valence-electron chi connectivity index (χ3n) is 4.88. The quantitative estimate of drug-likeness (QED) is 0.683. The third kappa shape index (κ3) is 2.88. The molecule has 2 aromatic carbocycles. The van der Waals surface area contributed by atoms with E-state index in [4.69, 9.17) is 4.98 Å². The van der Waals surface area contributed by atoms with Crippen LogP contribution in [0.2, 0.25) is 0 Å². The van der Waals surface area contributed by atoms with Crippen LogP contribution < -0.4 is 0 Å². The molecule has 4 rings (SSSR count). The molecule has 3 aromatic rings. The molecule has 4 nitrogen and oxygen atoms in total. The van der Waals surface area contributed by atoms with Gasteiger partial charge >= 0.3 is 0 Å². The second kappa shape index (κ2) is 6.20. The molecule has 6 heteroatoms. The molecule has 0 bridgehead atoms. The summed E-state index contributed by atoms with van der Waals surface area (Å²) in [6, 6.07) is 13.2. The van der Waals surface area contributed by atoms with Gasteiger partial charge in [-0.25, -0.2) is 13.4 Å². The molecule has 0 radical (unpaired) electrons. The zero-order valence-electron chi connectivity index (χ0n) is 14.3. The average molecular weight is 373 g/mol. The highest BCUT2D eigenvalue weighted by Gasteiger charge is 2.37. The predicted molar refractivity (Wildman–Crippen MR) is 101 cm³/mol. The van der Waals surface area contributed by atoms with Gasteiger partial charge in [0, 0.05) is 6.54 Å². The highest BCUT2D eigenvalue weighted by Crippen LogP contribution is 2.39. The van der Waals surface area contributed by atoms with Crippen molar-refractivity contribution in [3.8, 4) is 0 Å². The van der Waals surface area contributed by atoms with Crippen LogP contribution in [0.25, 0.3) is 10.2 Å². The van der Waals surface area contributed by atoms with Crippen LogP contribution in [0.15, 0.2) is 47.4 Å². The summed E-state index contributed by atoms with van der Waals surface area (Å²) < 4.78 is 29.1. The Morgan fingerprint density at radius 2 is 1.92 bits per heavy atom. The van der Waals surface area contributed by atoms with E-state index in [2.05, 4.69) is 0 Å². The van der Waals surface area contributed by atoms with E-state index >= 15 is 0 Å². The lowest BCUT2D eigenvalue weighted by atomic mass is 10.1. The van der Waals surface area contributed by atoms with Gasteiger partial charge in [0.2, 0.25) is 10.0 Å². The normalized spacial score (nSPS) is 18.9. The van der Waals surface area contributed by atoms with Gasteiger partial charge in [-0.3, -0.25) is 0 Å². The molecule has 0 spiro atoms. The number of aryl methyl sites for hydroxylation is 2. The zero-order chi connectivity index (χ0) is 17.6. The Balaban J connectivity index is 1.74. The minimum Gasteiger partial charge on any atom is -0.239 e. The number of nitrogens with zero attached hydrogens (tertiary/aromatic N) is 2. The Labute approximate surface area is 152 Å². The summed E-state index contributed by atoms with van der Waals surface area (Å²) in [5, 5.41) is 0.895. The zero-order valence-corrected chi connectivity index (χ0v) is 15.9. The number of sulfonamides is 1. The van der Waals surface area contributed by atoms with Gasteiger partial charge in [-0.15, -0.1) is 11.3 Å². The van der Waals surface area contributed by atoms with Crippen LogP contribution in [0.3, 0.4) is 0 Å². The number of fused-ring (bicyclic) bond motifs is 1. The Morgan fingerprint density at radius 3 is 2.68 bits per heavy atom. The first-order valence-corrected chi connectivity index (χ1v) is 10.7. The molecule has 1 saturated heterocycles. The van der Waals surface area contributed by atoms with Crippen LogP contribution in [0.5, 0.6) is 0 Å². The minimum absolute atomic E-state index is 0.163. The molecule has 2 heterocycles. The van der Waals surface area contributed by atoms with E-state index in [0.717, 1.165) is 39.2 Å². The number of thiazole rings is 1. The molecule has 1 aliphatic heterocycles. The summed E-state index contributed by atoms with van der Waals surface area (Å²) >= 11 is 1.60. The first kappa shape index (κ1) is 16.7. The van der Waals surface area contributed by atoms with Crippen LogP contribution in [-0.2, 0) is 10.0 Å². The molecule has 0 saturated carbocycles. The largest absolute Gasteiger partial charge is 0.243 e. The fourth-order valence-corrected chi connectivity index (χ4v) is 6.25. The van der Waals surface area contributed by atoms with Crippen molar-refractivity contribution in [1.82, 2.24) is 9.29 Å². The van der Waals surface area contributed by atoms with Gasteiger partial charge in [0.1, 0.15) is 5.01 Å². The molecule has 1 aliphatic rings. The molecule has 0 aliphatic carbocycles. The smallest absolute Gasteiger partial charge is 0.239 e. The van der Waals surface area contributed by atoms with Gasteiger partial charge < -0.3 is 0 Å². The molecular formula is C19H20N2O2S2. The molecule has 130 valence electrons. The minimum atomic E-state index is -3.51. The van der Waals surface area contributed by atoms with E-state index in [1.807, 2.05) is 44.2 Å². The van der Waals surface area contributed by atoms with E-state index in [0.29, 0.717) is 11.4 Å². The summed E-state index contributed by atoms with van der Waals surface area (Å²) in [6.45, 7) is 4.49. The summed E-state index contributed by atoms with van der Waals surface area (Å²) in [5.74, 6) is 0. The van der Waals surface area contributed by atoms with Crippen LogP contribution >= 0.6 is 11.3 Å². The maximum atomic E-state index is 13.2. The van der Waals surface area contributed by atoms with E-state index in [-0.39, 0.29) is 6.04 Å². The van der Waals surface area contributed by atoms with Gasteiger partial charge in [0.05, 0.1) is 21.2 Å². The van der Waals surface area contributed by atoms with Crippen molar-refractivity contribution in [1.29, 1.82) is 0 Å². The highest BCUT2D eigenvalue weighted by molar-refractivity contribution is 7.89. The first-order chi connectivity index (χ1) is 12.0. The van der Waals surface area contributed by atoms with Crippen LogP contribution in [0, 0.1) is 13.8 Å². The number of rotatable bonds is 3. The van der Waals surface area contributed by atoms with Gasteiger partial charge in [0.25, 0.3) is 0 Å². The van der Waals surface area contributed by atoms with Crippen molar-refractivity contribution in [3.63, 3.8) is 0 Å². The SMILES string of the molecule is Cc1ccc(S(=O)(=O)N2CCC[C@H]2c2nc3ccccc3s2)cc1C. The van der Waals surface area contributed by atoms with Gasteiger partial charge in [-0.05, 0) is 62.1 Å². The van der Waals surface area contributed by atoms with Crippen molar-refractivity contribution in [2.24, 2.45) is 0 Å². The van der Waals surface area contributed by atoms with E-state index in [1.165, 1.54) is 0 Å². The molecule has 1 fully saturated rings. The first-order valence-electron chi connectivity index (χ1n) is 8.41. The monoisotopic (exact) mass is 372 g/mol. The van der Waals surface area contributed by atoms with Crippen LogP contribution in [0.4, 0.5) is 0 Å². The number of hydrogen-bond donors (Lipinski definition) is 0. The van der Waals surface area contributed by atoms with Crippen molar-refractivity contribution < 1.29 is 8.42 Å². The molecule has 1 aromatic heterocycles. The predicted octanol–water partition coefficient (Wildman–Crippen LogP) is 4.44. The van der Waals surface area contributed by atoms with E-state index in [9.17, 15) is 8.42 Å². The number of hydrogen-bond acceptors (Lipinski definition) is 4. The van der Waals surface area contributed by atoms with Crippen molar-refractivity contribution in [2.45, 2.75) is 37.6 Å².